The van der Waals surface area contributed by atoms with E-state index in [1.807, 2.05) is 0 Å². The van der Waals surface area contributed by atoms with Crippen molar-refractivity contribution >= 4 is 26.0 Å². The summed E-state index contributed by atoms with van der Waals surface area (Å²) >= 11 is 2.91. The lowest BCUT2D eigenvalue weighted by molar-refractivity contribution is 0.469. The molecule has 1 aromatic carbocycles. The molecule has 0 atom stereocenters. The molecule has 0 aliphatic carbocycles. The van der Waals surface area contributed by atoms with Crippen LogP contribution in [0.3, 0.4) is 0 Å². The number of phenols is 1. The molecule has 0 aliphatic heterocycles. The Balaban J connectivity index is 3.47. The lowest BCUT2D eigenvalue weighted by Gasteiger charge is -2.02. The first-order chi connectivity index (χ1) is 5.43. The van der Waals surface area contributed by atoms with Gasteiger partial charge in [0.15, 0.2) is 0 Å². The summed E-state index contributed by atoms with van der Waals surface area (Å²) < 4.78 is 21.8. The van der Waals surface area contributed by atoms with E-state index >= 15 is 0 Å². The molecular weight excluding hydrogens is 246 g/mol. The number of sulfonamides is 1. The van der Waals surface area contributed by atoms with Gasteiger partial charge in [0.2, 0.25) is 10.0 Å². The first-order valence-electron chi connectivity index (χ1n) is 2.93. The minimum Gasteiger partial charge on any atom is -0.507 e. The third-order valence-corrected chi connectivity index (χ3v) is 3.30. The Morgan fingerprint density at radius 1 is 1.42 bits per heavy atom. The zero-order valence-corrected chi connectivity index (χ0v) is 8.26. The maximum atomic E-state index is 10.8. The van der Waals surface area contributed by atoms with E-state index < -0.39 is 10.0 Å². The minimum absolute atomic E-state index is 0.0903. The van der Waals surface area contributed by atoms with Gasteiger partial charge in [-0.05, 0) is 28.1 Å². The van der Waals surface area contributed by atoms with Gasteiger partial charge in [-0.25, -0.2) is 13.6 Å². The third-order valence-electron chi connectivity index (χ3n) is 1.25. The average Bonchev–Trinajstić information content (AvgIpc) is 1.92. The zero-order chi connectivity index (χ0) is 9.35. The van der Waals surface area contributed by atoms with Gasteiger partial charge >= 0.3 is 0 Å². The van der Waals surface area contributed by atoms with Crippen molar-refractivity contribution in [3.8, 4) is 5.75 Å². The van der Waals surface area contributed by atoms with Crippen molar-refractivity contribution in [1.82, 2.24) is 0 Å². The van der Waals surface area contributed by atoms with Gasteiger partial charge < -0.3 is 5.11 Å². The van der Waals surface area contributed by atoms with Crippen molar-refractivity contribution in [2.24, 2.45) is 5.14 Å². The first kappa shape index (κ1) is 9.50. The minimum atomic E-state index is -3.76. The van der Waals surface area contributed by atoms with Crippen molar-refractivity contribution in [3.63, 3.8) is 0 Å². The molecular formula is C6H6BrNO3S. The van der Waals surface area contributed by atoms with E-state index in [0.717, 1.165) is 0 Å². The summed E-state index contributed by atoms with van der Waals surface area (Å²) in [5.41, 5.74) is 0. The van der Waals surface area contributed by atoms with Gasteiger partial charge in [-0.1, -0.05) is 6.07 Å². The van der Waals surface area contributed by atoms with E-state index in [-0.39, 0.29) is 15.1 Å². The summed E-state index contributed by atoms with van der Waals surface area (Å²) in [5, 5.41) is 14.0. The highest BCUT2D eigenvalue weighted by atomic mass is 79.9. The molecule has 0 spiro atoms. The molecule has 0 unspecified atom stereocenters. The number of aromatic hydroxyl groups is 1. The highest BCUT2D eigenvalue weighted by molar-refractivity contribution is 9.10. The largest absolute Gasteiger partial charge is 0.507 e. The molecule has 4 nitrogen and oxygen atoms in total. The van der Waals surface area contributed by atoms with Crippen LogP contribution in [0, 0.1) is 0 Å². The molecule has 0 radical (unpaired) electrons. The number of halogens is 1. The predicted molar refractivity (Wildman–Crippen MR) is 47.2 cm³/mol. The van der Waals surface area contributed by atoms with Crippen LogP contribution in [0.4, 0.5) is 0 Å². The number of hydrogen-bond acceptors (Lipinski definition) is 3. The normalized spacial score (nSPS) is 11.5. The number of primary sulfonamides is 1. The number of phenolic OH excluding ortho intramolecular Hbond substituents is 1. The quantitative estimate of drug-likeness (QED) is 0.775. The SMILES string of the molecule is NS(=O)(=O)c1cccc(O)c1Br. The van der Waals surface area contributed by atoms with E-state index in [2.05, 4.69) is 15.9 Å². The Labute approximate surface area is 78.2 Å². The molecule has 0 amide bonds. The molecule has 1 rings (SSSR count). The van der Waals surface area contributed by atoms with Crippen molar-refractivity contribution in [3.05, 3.63) is 22.7 Å². The van der Waals surface area contributed by atoms with Gasteiger partial charge in [0.05, 0.1) is 9.37 Å². The van der Waals surface area contributed by atoms with Crippen LogP contribution < -0.4 is 5.14 Å². The summed E-state index contributed by atoms with van der Waals surface area (Å²) in [4.78, 5) is -0.123. The maximum absolute atomic E-state index is 10.8. The van der Waals surface area contributed by atoms with Crippen LogP contribution in [-0.2, 0) is 10.0 Å². The van der Waals surface area contributed by atoms with Crippen LogP contribution in [0.15, 0.2) is 27.6 Å². The van der Waals surface area contributed by atoms with Gasteiger partial charge in [-0.15, -0.1) is 0 Å². The molecule has 66 valence electrons. The number of rotatable bonds is 1. The molecule has 0 fully saturated rings. The highest BCUT2D eigenvalue weighted by Gasteiger charge is 2.14. The van der Waals surface area contributed by atoms with Crippen LogP contribution in [0.1, 0.15) is 0 Å². The first-order valence-corrected chi connectivity index (χ1v) is 5.27. The summed E-state index contributed by atoms with van der Waals surface area (Å²) in [7, 11) is -3.76. The van der Waals surface area contributed by atoms with E-state index in [9.17, 15) is 8.42 Å². The second-order valence-corrected chi connectivity index (χ2v) is 4.46. The average molecular weight is 252 g/mol. The lowest BCUT2D eigenvalue weighted by Crippen LogP contribution is -2.12. The van der Waals surface area contributed by atoms with Crippen LogP contribution in [-0.4, -0.2) is 13.5 Å². The van der Waals surface area contributed by atoms with Gasteiger partial charge in [-0.2, -0.15) is 0 Å². The Bertz CT molecular complexity index is 401. The Hall–Kier alpha value is -0.590. The van der Waals surface area contributed by atoms with Crippen molar-refractivity contribution in [1.29, 1.82) is 0 Å². The Kier molecular flexibility index (Phi) is 2.41. The van der Waals surface area contributed by atoms with Crippen LogP contribution in [0.5, 0.6) is 5.75 Å². The van der Waals surface area contributed by atoms with E-state index in [4.69, 9.17) is 10.2 Å². The molecule has 0 bridgehead atoms. The molecule has 0 saturated heterocycles. The van der Waals surface area contributed by atoms with E-state index in [1.54, 1.807) is 0 Å². The van der Waals surface area contributed by atoms with Crippen molar-refractivity contribution in [2.75, 3.05) is 0 Å². The fourth-order valence-electron chi connectivity index (χ4n) is 0.719. The molecule has 0 saturated carbocycles. The van der Waals surface area contributed by atoms with Gasteiger partial charge in [0.1, 0.15) is 5.75 Å². The fourth-order valence-corrected chi connectivity index (χ4v) is 2.28. The Morgan fingerprint density at radius 3 is 2.42 bits per heavy atom. The topological polar surface area (TPSA) is 80.4 Å². The zero-order valence-electron chi connectivity index (χ0n) is 5.86. The standard InChI is InChI=1S/C6H6BrNO3S/c7-6-4(9)2-1-3-5(6)12(8,10)11/h1-3,9H,(H2,8,10,11). The van der Waals surface area contributed by atoms with Crippen molar-refractivity contribution in [2.45, 2.75) is 4.90 Å². The molecule has 0 heterocycles. The summed E-state index contributed by atoms with van der Waals surface area (Å²) in [5.74, 6) is -0.151. The van der Waals surface area contributed by atoms with E-state index in [1.165, 1.54) is 18.2 Å². The van der Waals surface area contributed by atoms with Gasteiger partial charge in [0, 0.05) is 0 Å². The lowest BCUT2D eigenvalue weighted by atomic mass is 10.3. The molecule has 12 heavy (non-hydrogen) atoms. The van der Waals surface area contributed by atoms with Crippen LogP contribution in [0.25, 0.3) is 0 Å². The molecule has 0 aliphatic rings. The van der Waals surface area contributed by atoms with E-state index in [0.29, 0.717) is 0 Å². The fraction of sp³-hybridized carbons (Fsp3) is 0. The maximum Gasteiger partial charge on any atom is 0.239 e. The summed E-state index contributed by atoms with van der Waals surface area (Å²) in [6, 6.07) is 4.07. The van der Waals surface area contributed by atoms with Gasteiger partial charge in [0.25, 0.3) is 0 Å². The van der Waals surface area contributed by atoms with Crippen LogP contribution in [0.2, 0.25) is 0 Å². The summed E-state index contributed by atoms with van der Waals surface area (Å²) in [6.45, 7) is 0. The molecule has 0 aromatic heterocycles. The Morgan fingerprint density at radius 2 is 2.00 bits per heavy atom. The third kappa shape index (κ3) is 1.77. The van der Waals surface area contributed by atoms with Crippen LogP contribution >= 0.6 is 15.9 Å². The predicted octanol–water partition coefficient (Wildman–Crippen LogP) is 0.802. The smallest absolute Gasteiger partial charge is 0.239 e. The molecule has 3 N–H and O–H groups in total. The van der Waals surface area contributed by atoms with Crippen molar-refractivity contribution < 1.29 is 13.5 Å². The molecule has 1 aromatic rings. The second-order valence-electron chi connectivity index (χ2n) is 2.13. The van der Waals surface area contributed by atoms with Gasteiger partial charge in [-0.3, -0.25) is 0 Å². The second kappa shape index (κ2) is 3.04. The number of benzene rings is 1. The highest BCUT2D eigenvalue weighted by Crippen LogP contribution is 2.29. The number of hydrogen-bond donors (Lipinski definition) is 2. The summed E-state index contributed by atoms with van der Waals surface area (Å²) in [6.07, 6.45) is 0. The number of nitrogens with two attached hydrogens (primary N) is 1. The molecule has 6 heteroatoms. The monoisotopic (exact) mass is 251 g/mol.